The van der Waals surface area contributed by atoms with Crippen LogP contribution in [0, 0.1) is 10.1 Å². The van der Waals surface area contributed by atoms with Gasteiger partial charge in [-0.15, -0.1) is 0 Å². The second kappa shape index (κ2) is 5.53. The summed E-state index contributed by atoms with van der Waals surface area (Å²) < 4.78 is 5.12. The summed E-state index contributed by atoms with van der Waals surface area (Å²) in [7, 11) is 0. The fraction of sp³-hybridized carbons (Fsp3) is 0.0909. The molecular weight excluding hydrogens is 272 g/mol. The number of furan rings is 1. The molecule has 0 spiro atoms. The Morgan fingerprint density at radius 1 is 1.58 bits per heavy atom. The lowest BCUT2D eigenvalue weighted by Crippen LogP contribution is -2.03. The molecule has 2 rings (SSSR count). The highest BCUT2D eigenvalue weighted by atomic mass is 32.2. The number of nitro groups is 1. The minimum absolute atomic E-state index is 0.373. The first-order valence-corrected chi connectivity index (χ1v) is 6.09. The van der Waals surface area contributed by atoms with Crippen LogP contribution in [-0.2, 0) is 5.75 Å². The van der Waals surface area contributed by atoms with E-state index in [0.29, 0.717) is 16.5 Å². The normalized spacial score (nSPS) is 10.3. The predicted octanol–water partition coefficient (Wildman–Crippen LogP) is 2.57. The molecule has 0 saturated heterocycles. The van der Waals surface area contributed by atoms with Gasteiger partial charge in [0.25, 0.3) is 0 Å². The number of pyridine rings is 1. The summed E-state index contributed by atoms with van der Waals surface area (Å²) in [5, 5.41) is 20.0. The van der Waals surface area contributed by atoms with Crippen LogP contribution >= 0.6 is 11.8 Å². The zero-order valence-electron chi connectivity index (χ0n) is 9.48. The van der Waals surface area contributed by atoms with E-state index in [4.69, 9.17) is 9.52 Å². The summed E-state index contributed by atoms with van der Waals surface area (Å²) in [6.07, 6.45) is 2.48. The van der Waals surface area contributed by atoms with Crippen molar-refractivity contribution < 1.29 is 19.2 Å². The van der Waals surface area contributed by atoms with Crippen molar-refractivity contribution in [1.82, 2.24) is 4.98 Å². The minimum atomic E-state index is -1.35. The van der Waals surface area contributed by atoms with Gasteiger partial charge in [-0.3, -0.25) is 10.1 Å². The van der Waals surface area contributed by atoms with Crippen LogP contribution < -0.4 is 0 Å². The largest absolute Gasteiger partial charge is 0.477 e. The molecule has 8 heteroatoms. The lowest BCUT2D eigenvalue weighted by molar-refractivity contribution is -0.385. The summed E-state index contributed by atoms with van der Waals surface area (Å²) in [5.41, 5.74) is -0.892. The van der Waals surface area contributed by atoms with Crippen LogP contribution in [0.15, 0.2) is 40.1 Å². The van der Waals surface area contributed by atoms with Crippen LogP contribution in [0.25, 0.3) is 0 Å². The number of nitrogens with zero attached hydrogens (tertiary/aromatic N) is 2. The molecule has 2 aromatic heterocycles. The molecule has 98 valence electrons. The van der Waals surface area contributed by atoms with Crippen LogP contribution in [0.2, 0.25) is 0 Å². The number of thioether (sulfide) groups is 1. The van der Waals surface area contributed by atoms with Crippen LogP contribution in [0.4, 0.5) is 5.69 Å². The van der Waals surface area contributed by atoms with Crippen molar-refractivity contribution in [3.8, 4) is 0 Å². The molecule has 1 N–H and O–H groups in total. The van der Waals surface area contributed by atoms with Crippen molar-refractivity contribution in [2.75, 3.05) is 0 Å². The van der Waals surface area contributed by atoms with Crippen molar-refractivity contribution in [2.24, 2.45) is 0 Å². The molecule has 2 heterocycles. The van der Waals surface area contributed by atoms with Gasteiger partial charge in [0.1, 0.15) is 17.5 Å². The molecule has 0 fully saturated rings. The Hall–Kier alpha value is -2.35. The number of carboxylic acids is 1. The Morgan fingerprint density at radius 2 is 2.37 bits per heavy atom. The topological polar surface area (TPSA) is 106 Å². The van der Waals surface area contributed by atoms with Gasteiger partial charge in [-0.05, 0) is 18.2 Å². The van der Waals surface area contributed by atoms with Gasteiger partial charge in [0.2, 0.25) is 0 Å². The number of aromatic nitrogens is 1. The maximum absolute atomic E-state index is 11.0. The van der Waals surface area contributed by atoms with E-state index in [1.165, 1.54) is 24.1 Å². The smallest absolute Gasteiger partial charge is 0.342 e. The SMILES string of the molecule is O=C(O)c1cc(SCc2ccco2)ncc1[N+](=O)[O-]. The zero-order chi connectivity index (χ0) is 13.8. The number of hydrogen-bond acceptors (Lipinski definition) is 6. The summed E-state index contributed by atoms with van der Waals surface area (Å²) in [4.78, 5) is 24.7. The molecule has 0 unspecified atom stereocenters. The van der Waals surface area contributed by atoms with Crippen molar-refractivity contribution in [3.63, 3.8) is 0 Å². The highest BCUT2D eigenvalue weighted by molar-refractivity contribution is 7.98. The molecular formula is C11H8N2O5S. The number of hydrogen-bond donors (Lipinski definition) is 1. The lowest BCUT2D eigenvalue weighted by atomic mass is 10.2. The van der Waals surface area contributed by atoms with E-state index in [-0.39, 0.29) is 5.56 Å². The second-order valence-corrected chi connectivity index (χ2v) is 4.47. The molecule has 19 heavy (non-hydrogen) atoms. The number of carbonyl (C=O) groups is 1. The van der Waals surface area contributed by atoms with E-state index >= 15 is 0 Å². The fourth-order valence-electron chi connectivity index (χ4n) is 1.36. The van der Waals surface area contributed by atoms with E-state index in [1.54, 1.807) is 12.1 Å². The van der Waals surface area contributed by atoms with E-state index < -0.39 is 16.6 Å². The summed E-state index contributed by atoms with van der Waals surface area (Å²) in [6, 6.07) is 4.70. The third-order valence-electron chi connectivity index (χ3n) is 2.23. The van der Waals surface area contributed by atoms with E-state index in [1.807, 2.05) is 0 Å². The van der Waals surface area contributed by atoms with Crippen LogP contribution in [0.3, 0.4) is 0 Å². The van der Waals surface area contributed by atoms with Crippen LogP contribution in [-0.4, -0.2) is 21.0 Å². The molecule has 0 amide bonds. The van der Waals surface area contributed by atoms with Gasteiger partial charge in [0.15, 0.2) is 0 Å². The molecule has 0 aliphatic carbocycles. The molecule has 0 radical (unpaired) electrons. The first-order valence-electron chi connectivity index (χ1n) is 5.11. The Kier molecular flexibility index (Phi) is 3.81. The third-order valence-corrected chi connectivity index (χ3v) is 3.18. The van der Waals surface area contributed by atoms with Crippen molar-refractivity contribution >= 4 is 23.4 Å². The van der Waals surface area contributed by atoms with E-state index in [9.17, 15) is 14.9 Å². The molecule has 2 aromatic rings. The first-order chi connectivity index (χ1) is 9.08. The van der Waals surface area contributed by atoms with Gasteiger partial charge in [-0.25, -0.2) is 9.78 Å². The average Bonchev–Trinajstić information content (AvgIpc) is 2.88. The Labute approximate surface area is 111 Å². The zero-order valence-corrected chi connectivity index (χ0v) is 10.3. The van der Waals surface area contributed by atoms with Crippen LogP contribution in [0.1, 0.15) is 16.1 Å². The number of aromatic carboxylic acids is 1. The molecule has 0 aromatic carbocycles. The maximum atomic E-state index is 11.0. The third kappa shape index (κ3) is 3.10. The molecule has 0 bridgehead atoms. The lowest BCUT2D eigenvalue weighted by Gasteiger charge is -2.01. The van der Waals surface area contributed by atoms with Gasteiger partial charge >= 0.3 is 11.7 Å². The Bertz CT molecular complexity index is 612. The van der Waals surface area contributed by atoms with Crippen LogP contribution in [0.5, 0.6) is 0 Å². The van der Waals surface area contributed by atoms with Gasteiger partial charge in [-0.2, -0.15) is 0 Å². The Balaban J connectivity index is 2.20. The minimum Gasteiger partial charge on any atom is -0.477 e. The quantitative estimate of drug-likeness (QED) is 0.509. The second-order valence-electron chi connectivity index (χ2n) is 3.47. The summed E-state index contributed by atoms with van der Waals surface area (Å²) >= 11 is 1.24. The van der Waals surface area contributed by atoms with Gasteiger partial charge in [0.05, 0.1) is 22.0 Å². The molecule has 7 nitrogen and oxygen atoms in total. The molecule has 0 aliphatic rings. The Morgan fingerprint density at radius 3 is 2.95 bits per heavy atom. The van der Waals surface area contributed by atoms with Gasteiger partial charge in [-0.1, -0.05) is 11.8 Å². The highest BCUT2D eigenvalue weighted by Gasteiger charge is 2.21. The molecule has 0 saturated carbocycles. The summed E-state index contributed by atoms with van der Waals surface area (Å²) in [6.45, 7) is 0. The number of rotatable bonds is 5. The summed E-state index contributed by atoms with van der Waals surface area (Å²) in [5.74, 6) is -0.173. The fourth-order valence-corrected chi connectivity index (χ4v) is 2.15. The number of carboxylic acid groups (broad SMARTS) is 1. The average molecular weight is 280 g/mol. The maximum Gasteiger partial charge on any atom is 0.342 e. The van der Waals surface area contributed by atoms with Crippen molar-refractivity contribution in [2.45, 2.75) is 10.8 Å². The van der Waals surface area contributed by atoms with E-state index in [2.05, 4.69) is 4.98 Å². The van der Waals surface area contributed by atoms with Gasteiger partial charge < -0.3 is 9.52 Å². The monoisotopic (exact) mass is 280 g/mol. The highest BCUT2D eigenvalue weighted by Crippen LogP contribution is 2.26. The van der Waals surface area contributed by atoms with Crippen molar-refractivity contribution in [1.29, 1.82) is 0 Å². The van der Waals surface area contributed by atoms with E-state index in [0.717, 1.165) is 6.20 Å². The molecule has 0 atom stereocenters. The standard InChI is InChI=1S/C11H8N2O5S/c14-11(15)8-4-10(12-5-9(8)13(16)17)19-6-7-2-1-3-18-7/h1-5H,6H2,(H,14,15). The van der Waals surface area contributed by atoms with Crippen molar-refractivity contribution in [3.05, 3.63) is 52.1 Å². The molecule has 0 aliphatic heterocycles. The first kappa shape index (κ1) is 13.1. The van der Waals surface area contributed by atoms with Gasteiger partial charge in [0, 0.05) is 0 Å². The predicted molar refractivity (Wildman–Crippen MR) is 66.1 cm³/mol.